The summed E-state index contributed by atoms with van der Waals surface area (Å²) in [6.07, 6.45) is 0.612. The molecule has 0 atom stereocenters. The first-order valence-corrected chi connectivity index (χ1v) is 8.42. The van der Waals surface area contributed by atoms with Crippen molar-refractivity contribution in [2.75, 3.05) is 25.1 Å². The molecule has 10 heteroatoms. The fraction of sp³-hybridized carbons (Fsp3) is 0.353. The smallest absolute Gasteiger partial charge is 0.322 e. The first kappa shape index (κ1) is 17.0. The molecule has 1 saturated heterocycles. The fourth-order valence-electron chi connectivity index (χ4n) is 2.85. The number of fused-ring (bicyclic) bond motifs is 1. The van der Waals surface area contributed by atoms with Crippen molar-refractivity contribution < 1.29 is 28.3 Å². The average Bonchev–Trinajstić information content (AvgIpc) is 3.22. The minimum atomic E-state index is -0.576. The van der Waals surface area contributed by atoms with Crippen molar-refractivity contribution in [2.24, 2.45) is 0 Å². The number of benzene rings is 1. The van der Waals surface area contributed by atoms with Crippen molar-refractivity contribution in [3.8, 4) is 11.5 Å². The van der Waals surface area contributed by atoms with Gasteiger partial charge in [-0.3, -0.25) is 24.6 Å². The van der Waals surface area contributed by atoms with Gasteiger partial charge in [0.2, 0.25) is 23.6 Å². The Morgan fingerprint density at radius 1 is 1.07 bits per heavy atom. The van der Waals surface area contributed by atoms with Crippen molar-refractivity contribution in [1.82, 2.24) is 15.1 Å². The molecule has 140 valence electrons. The Morgan fingerprint density at radius 3 is 2.59 bits per heavy atom. The van der Waals surface area contributed by atoms with Gasteiger partial charge >= 0.3 is 6.01 Å². The molecule has 2 aliphatic heterocycles. The minimum Gasteiger partial charge on any atom is -0.486 e. The standard InChI is InChI=1S/C17H16N4O6/c22-13(9-21-15(23)3-4-16(21)24)18-17-20-19-14(27-17)8-10-1-2-11-12(7-10)26-6-5-25-11/h1-2,7H,3-6,8-9H2,(H,18,20,22). The first-order chi connectivity index (χ1) is 13.1. The number of ether oxygens (including phenoxy) is 2. The molecule has 0 aliphatic carbocycles. The number of hydrogen-bond acceptors (Lipinski definition) is 8. The van der Waals surface area contributed by atoms with Crippen molar-refractivity contribution in [3.63, 3.8) is 0 Å². The summed E-state index contributed by atoms with van der Waals surface area (Å²) in [5, 5.41) is 10.0. The normalized spacial score (nSPS) is 15.9. The van der Waals surface area contributed by atoms with Gasteiger partial charge in [-0.05, 0) is 17.7 Å². The van der Waals surface area contributed by atoms with Crippen molar-refractivity contribution in [1.29, 1.82) is 0 Å². The summed E-state index contributed by atoms with van der Waals surface area (Å²) < 4.78 is 16.4. The number of hydrogen-bond donors (Lipinski definition) is 1. The lowest BCUT2D eigenvalue weighted by Crippen LogP contribution is -2.36. The average molecular weight is 372 g/mol. The van der Waals surface area contributed by atoms with Crippen LogP contribution in [0.4, 0.5) is 6.01 Å². The van der Waals surface area contributed by atoms with E-state index in [4.69, 9.17) is 13.9 Å². The number of nitrogens with zero attached hydrogens (tertiary/aromatic N) is 3. The number of likely N-dealkylation sites (tertiary alicyclic amines) is 1. The third kappa shape index (κ3) is 3.73. The highest BCUT2D eigenvalue weighted by molar-refractivity contribution is 6.05. The van der Waals surface area contributed by atoms with Crippen LogP contribution in [0.15, 0.2) is 22.6 Å². The lowest BCUT2D eigenvalue weighted by atomic mass is 10.1. The summed E-state index contributed by atoms with van der Waals surface area (Å²) in [5.74, 6) is 0.351. The first-order valence-electron chi connectivity index (χ1n) is 8.42. The van der Waals surface area contributed by atoms with Gasteiger partial charge in [-0.1, -0.05) is 11.2 Å². The summed E-state index contributed by atoms with van der Waals surface area (Å²) in [7, 11) is 0. The molecule has 0 bridgehead atoms. The van der Waals surface area contributed by atoms with Crippen LogP contribution in [0.2, 0.25) is 0 Å². The Balaban J connectivity index is 1.36. The van der Waals surface area contributed by atoms with Gasteiger partial charge in [-0.15, -0.1) is 5.10 Å². The van der Waals surface area contributed by atoms with Crippen LogP contribution in [0, 0.1) is 0 Å². The van der Waals surface area contributed by atoms with E-state index in [2.05, 4.69) is 15.5 Å². The van der Waals surface area contributed by atoms with E-state index in [9.17, 15) is 14.4 Å². The summed E-state index contributed by atoms with van der Waals surface area (Å²) in [4.78, 5) is 36.0. The molecule has 0 radical (unpaired) electrons. The van der Waals surface area contributed by atoms with Crippen LogP contribution in [0.5, 0.6) is 11.5 Å². The molecule has 1 N–H and O–H groups in total. The van der Waals surface area contributed by atoms with Crippen LogP contribution in [0.3, 0.4) is 0 Å². The van der Waals surface area contributed by atoms with Crippen LogP contribution in [-0.2, 0) is 20.8 Å². The Bertz CT molecular complexity index is 893. The predicted molar refractivity (Wildman–Crippen MR) is 89.1 cm³/mol. The SMILES string of the molecule is O=C(CN1C(=O)CCC1=O)Nc1nnc(Cc2ccc3c(c2)OCCO3)o1. The second-order valence-corrected chi connectivity index (χ2v) is 6.08. The quantitative estimate of drug-likeness (QED) is 0.753. The number of carbonyl (C=O) groups is 3. The van der Waals surface area contributed by atoms with E-state index in [-0.39, 0.29) is 37.2 Å². The molecular weight excluding hydrogens is 356 g/mol. The third-order valence-electron chi connectivity index (χ3n) is 4.13. The van der Waals surface area contributed by atoms with E-state index in [1.165, 1.54) is 0 Å². The van der Waals surface area contributed by atoms with Gasteiger partial charge in [0.25, 0.3) is 0 Å². The number of anilines is 1. The van der Waals surface area contributed by atoms with Crippen LogP contribution < -0.4 is 14.8 Å². The molecule has 0 saturated carbocycles. The van der Waals surface area contributed by atoms with E-state index in [1.54, 1.807) is 0 Å². The lowest BCUT2D eigenvalue weighted by Gasteiger charge is -2.18. The molecule has 2 aliphatic rings. The number of aromatic nitrogens is 2. The topological polar surface area (TPSA) is 124 Å². The third-order valence-corrected chi connectivity index (χ3v) is 4.13. The molecule has 0 unspecified atom stereocenters. The molecule has 1 aromatic heterocycles. The van der Waals surface area contributed by atoms with Crippen molar-refractivity contribution in [3.05, 3.63) is 29.7 Å². The number of carbonyl (C=O) groups excluding carboxylic acids is 3. The number of rotatable bonds is 5. The van der Waals surface area contributed by atoms with Crippen molar-refractivity contribution >= 4 is 23.7 Å². The van der Waals surface area contributed by atoms with Crippen LogP contribution in [0.1, 0.15) is 24.3 Å². The van der Waals surface area contributed by atoms with Crippen LogP contribution in [0.25, 0.3) is 0 Å². The molecule has 0 spiro atoms. The Kier molecular flexibility index (Phi) is 4.45. The Morgan fingerprint density at radius 2 is 1.81 bits per heavy atom. The molecule has 2 aromatic rings. The second kappa shape index (κ2) is 7.06. The number of nitrogens with one attached hydrogen (secondary N) is 1. The van der Waals surface area contributed by atoms with Gasteiger partial charge < -0.3 is 13.9 Å². The summed E-state index contributed by atoms with van der Waals surface area (Å²) in [6.45, 7) is 0.653. The largest absolute Gasteiger partial charge is 0.486 e. The van der Waals surface area contributed by atoms with E-state index in [0.717, 1.165) is 10.5 Å². The van der Waals surface area contributed by atoms with Crippen LogP contribution in [-0.4, -0.2) is 52.6 Å². The molecule has 1 fully saturated rings. The summed E-state index contributed by atoms with van der Waals surface area (Å²) >= 11 is 0. The maximum atomic E-state index is 12.0. The molecule has 4 rings (SSSR count). The van der Waals surface area contributed by atoms with Gasteiger partial charge in [-0.2, -0.15) is 0 Å². The lowest BCUT2D eigenvalue weighted by molar-refractivity contribution is -0.141. The van der Waals surface area contributed by atoms with E-state index in [0.29, 0.717) is 37.0 Å². The highest BCUT2D eigenvalue weighted by Gasteiger charge is 2.30. The second-order valence-electron chi connectivity index (χ2n) is 6.08. The molecule has 3 amide bonds. The number of amides is 3. The predicted octanol–water partition coefficient (Wildman–Crippen LogP) is 0.519. The van der Waals surface area contributed by atoms with Gasteiger partial charge in [0.05, 0.1) is 6.42 Å². The van der Waals surface area contributed by atoms with E-state index >= 15 is 0 Å². The molecule has 1 aromatic carbocycles. The maximum absolute atomic E-state index is 12.0. The Hall–Kier alpha value is -3.43. The molecular formula is C17H16N4O6. The highest BCUT2D eigenvalue weighted by atomic mass is 16.6. The van der Waals surface area contributed by atoms with Crippen LogP contribution >= 0.6 is 0 Å². The maximum Gasteiger partial charge on any atom is 0.322 e. The zero-order valence-corrected chi connectivity index (χ0v) is 14.3. The summed E-state index contributed by atoms with van der Waals surface area (Å²) in [5.41, 5.74) is 0.883. The Labute approximate surface area is 153 Å². The van der Waals surface area contributed by atoms with Gasteiger partial charge in [0.15, 0.2) is 11.5 Å². The fourth-order valence-corrected chi connectivity index (χ4v) is 2.85. The molecule has 3 heterocycles. The molecule has 10 nitrogen and oxygen atoms in total. The molecule has 27 heavy (non-hydrogen) atoms. The van der Waals surface area contributed by atoms with Gasteiger partial charge in [0, 0.05) is 12.8 Å². The van der Waals surface area contributed by atoms with Crippen molar-refractivity contribution in [2.45, 2.75) is 19.3 Å². The minimum absolute atomic E-state index is 0.0911. The van der Waals surface area contributed by atoms with Gasteiger partial charge in [-0.25, -0.2) is 0 Å². The zero-order chi connectivity index (χ0) is 18.8. The van der Waals surface area contributed by atoms with E-state index < -0.39 is 5.91 Å². The van der Waals surface area contributed by atoms with Gasteiger partial charge in [0.1, 0.15) is 19.8 Å². The number of imide groups is 1. The monoisotopic (exact) mass is 372 g/mol. The zero-order valence-electron chi connectivity index (χ0n) is 14.3. The van der Waals surface area contributed by atoms with E-state index in [1.807, 2.05) is 18.2 Å². The summed E-state index contributed by atoms with van der Waals surface area (Å²) in [6, 6.07) is 5.42. The highest BCUT2D eigenvalue weighted by Crippen LogP contribution is 2.31.